The molecular formula is C12H13N3O2S. The summed E-state index contributed by atoms with van der Waals surface area (Å²) in [6.07, 6.45) is 1.52. The van der Waals surface area contributed by atoms with Crippen molar-refractivity contribution in [3.05, 3.63) is 39.2 Å². The number of nitrogens with one attached hydrogen (secondary N) is 1. The van der Waals surface area contributed by atoms with E-state index in [9.17, 15) is 4.79 Å². The Morgan fingerprint density at radius 1 is 1.50 bits per heavy atom. The molecular weight excluding hydrogens is 250 g/mol. The van der Waals surface area contributed by atoms with E-state index >= 15 is 0 Å². The van der Waals surface area contributed by atoms with Gasteiger partial charge in [0, 0.05) is 5.38 Å². The molecule has 0 aliphatic rings. The minimum absolute atomic E-state index is 0.285. The minimum atomic E-state index is -0.285. The van der Waals surface area contributed by atoms with Crippen LogP contribution in [-0.2, 0) is 0 Å². The third-order valence-electron chi connectivity index (χ3n) is 2.29. The number of aromatic nitrogens is 1. The number of nitrogens with zero attached hydrogens (tertiary/aromatic N) is 2. The van der Waals surface area contributed by atoms with Crippen molar-refractivity contribution in [2.75, 3.05) is 0 Å². The molecule has 94 valence electrons. The number of carbonyl (C=O) groups excluding carboxylic acids is 1. The molecule has 5 nitrogen and oxygen atoms in total. The first-order chi connectivity index (χ1) is 8.56. The second-order valence-corrected chi connectivity index (χ2v) is 4.88. The highest BCUT2D eigenvalue weighted by molar-refractivity contribution is 7.09. The number of aryl methyl sites for hydroxylation is 3. The molecule has 0 radical (unpaired) electrons. The largest absolute Gasteiger partial charge is 0.466 e. The zero-order valence-corrected chi connectivity index (χ0v) is 11.2. The molecule has 0 saturated heterocycles. The van der Waals surface area contributed by atoms with Crippen LogP contribution < -0.4 is 5.43 Å². The standard InChI is InChI=1S/C12H13N3O2S/c1-7-4-11(8(2)17-7)12(16)15-13-5-10-6-18-9(3)14-10/h4-6H,1-3H3,(H,15,16)/b13-5-. The third-order valence-corrected chi connectivity index (χ3v) is 3.08. The maximum atomic E-state index is 11.8. The Morgan fingerprint density at radius 3 is 2.83 bits per heavy atom. The van der Waals surface area contributed by atoms with Crippen molar-refractivity contribution in [3.63, 3.8) is 0 Å². The van der Waals surface area contributed by atoms with Crippen molar-refractivity contribution in [3.8, 4) is 0 Å². The van der Waals surface area contributed by atoms with Crippen LogP contribution >= 0.6 is 11.3 Å². The van der Waals surface area contributed by atoms with E-state index in [-0.39, 0.29) is 5.91 Å². The number of furan rings is 1. The highest BCUT2D eigenvalue weighted by atomic mass is 32.1. The van der Waals surface area contributed by atoms with Crippen molar-refractivity contribution in [2.24, 2.45) is 5.10 Å². The van der Waals surface area contributed by atoms with Gasteiger partial charge in [0.05, 0.1) is 22.5 Å². The molecule has 0 aromatic carbocycles. The molecule has 2 aromatic heterocycles. The smallest absolute Gasteiger partial charge is 0.274 e. The maximum absolute atomic E-state index is 11.8. The Kier molecular flexibility index (Phi) is 3.57. The molecule has 1 amide bonds. The summed E-state index contributed by atoms with van der Waals surface area (Å²) in [5.74, 6) is 1.01. The first-order valence-electron chi connectivity index (χ1n) is 5.39. The average Bonchev–Trinajstić information content (AvgIpc) is 2.85. The normalized spacial score (nSPS) is 11.1. The van der Waals surface area contributed by atoms with Crippen LogP contribution in [-0.4, -0.2) is 17.1 Å². The molecule has 0 unspecified atom stereocenters. The van der Waals surface area contributed by atoms with Crippen molar-refractivity contribution in [1.29, 1.82) is 0 Å². The summed E-state index contributed by atoms with van der Waals surface area (Å²) in [5.41, 5.74) is 3.68. The van der Waals surface area contributed by atoms with E-state index in [1.807, 2.05) is 12.3 Å². The molecule has 6 heteroatoms. The second kappa shape index (κ2) is 5.14. The van der Waals surface area contributed by atoms with Gasteiger partial charge in [0.25, 0.3) is 5.91 Å². The molecule has 0 bridgehead atoms. The lowest BCUT2D eigenvalue weighted by Gasteiger charge is -1.96. The highest BCUT2D eigenvalue weighted by Crippen LogP contribution is 2.13. The van der Waals surface area contributed by atoms with Crippen molar-refractivity contribution in [1.82, 2.24) is 10.4 Å². The number of carbonyl (C=O) groups is 1. The van der Waals surface area contributed by atoms with Gasteiger partial charge in [-0.25, -0.2) is 10.4 Å². The van der Waals surface area contributed by atoms with Gasteiger partial charge in [-0.3, -0.25) is 4.79 Å². The van der Waals surface area contributed by atoms with Crippen LogP contribution in [0.5, 0.6) is 0 Å². The molecule has 0 aliphatic heterocycles. The maximum Gasteiger partial charge on any atom is 0.274 e. The molecule has 0 saturated carbocycles. The van der Waals surface area contributed by atoms with Crippen LogP contribution in [0.3, 0.4) is 0 Å². The quantitative estimate of drug-likeness (QED) is 0.683. The average molecular weight is 263 g/mol. The van der Waals surface area contributed by atoms with Crippen LogP contribution in [0.15, 0.2) is 21.0 Å². The van der Waals surface area contributed by atoms with Gasteiger partial charge in [0.15, 0.2) is 0 Å². The third kappa shape index (κ3) is 2.84. The Labute approximate surface area is 109 Å². The number of hydrazone groups is 1. The SMILES string of the molecule is Cc1cc(C(=O)N/N=C\c2csc(C)n2)c(C)o1. The first kappa shape index (κ1) is 12.5. The van der Waals surface area contributed by atoms with E-state index in [2.05, 4.69) is 15.5 Å². The van der Waals surface area contributed by atoms with Gasteiger partial charge in [-0.15, -0.1) is 11.3 Å². The molecule has 0 atom stereocenters. The lowest BCUT2D eigenvalue weighted by Crippen LogP contribution is -2.17. The summed E-state index contributed by atoms with van der Waals surface area (Å²) < 4.78 is 5.28. The highest BCUT2D eigenvalue weighted by Gasteiger charge is 2.12. The minimum Gasteiger partial charge on any atom is -0.466 e. The van der Waals surface area contributed by atoms with Gasteiger partial charge in [-0.1, -0.05) is 0 Å². The Morgan fingerprint density at radius 2 is 2.28 bits per heavy atom. The van der Waals surface area contributed by atoms with Crippen molar-refractivity contribution >= 4 is 23.5 Å². The lowest BCUT2D eigenvalue weighted by molar-refractivity contribution is 0.0953. The Balaban J connectivity index is 2.00. The Bertz CT molecular complexity index is 598. The summed E-state index contributed by atoms with van der Waals surface area (Å²) >= 11 is 1.54. The van der Waals surface area contributed by atoms with Gasteiger partial charge in [0.2, 0.25) is 0 Å². The van der Waals surface area contributed by atoms with Gasteiger partial charge in [-0.05, 0) is 26.8 Å². The summed E-state index contributed by atoms with van der Waals surface area (Å²) in [6, 6.07) is 1.69. The predicted molar refractivity (Wildman–Crippen MR) is 70.1 cm³/mol. The fourth-order valence-corrected chi connectivity index (χ4v) is 2.08. The number of hydrogen-bond acceptors (Lipinski definition) is 5. The number of thiazole rings is 1. The lowest BCUT2D eigenvalue weighted by atomic mass is 10.2. The zero-order valence-electron chi connectivity index (χ0n) is 10.4. The molecule has 0 fully saturated rings. The molecule has 18 heavy (non-hydrogen) atoms. The summed E-state index contributed by atoms with van der Waals surface area (Å²) in [4.78, 5) is 16.0. The fourth-order valence-electron chi connectivity index (χ4n) is 1.51. The molecule has 0 aliphatic carbocycles. The van der Waals surface area contributed by atoms with E-state index < -0.39 is 0 Å². The van der Waals surface area contributed by atoms with Crippen molar-refractivity contribution < 1.29 is 9.21 Å². The van der Waals surface area contributed by atoms with Gasteiger partial charge >= 0.3 is 0 Å². The summed E-state index contributed by atoms with van der Waals surface area (Å²) in [5, 5.41) is 6.69. The predicted octanol–water partition coefficient (Wildman–Crippen LogP) is 2.43. The van der Waals surface area contributed by atoms with Crippen LogP contribution in [0.2, 0.25) is 0 Å². The molecule has 2 aromatic rings. The summed E-state index contributed by atoms with van der Waals surface area (Å²) in [6.45, 7) is 5.46. The van der Waals surface area contributed by atoms with Crippen LogP contribution in [0.1, 0.15) is 32.6 Å². The summed E-state index contributed by atoms with van der Waals surface area (Å²) in [7, 11) is 0. The van der Waals surface area contributed by atoms with E-state index in [1.165, 1.54) is 17.6 Å². The molecule has 2 heterocycles. The van der Waals surface area contributed by atoms with E-state index in [1.54, 1.807) is 19.9 Å². The Hall–Kier alpha value is -1.95. The van der Waals surface area contributed by atoms with Gasteiger partial charge in [-0.2, -0.15) is 5.10 Å². The van der Waals surface area contributed by atoms with E-state index in [4.69, 9.17) is 4.42 Å². The second-order valence-electron chi connectivity index (χ2n) is 3.82. The number of amides is 1. The number of rotatable bonds is 3. The van der Waals surface area contributed by atoms with Gasteiger partial charge < -0.3 is 4.42 Å². The molecule has 2 rings (SSSR count). The molecule has 0 spiro atoms. The van der Waals surface area contributed by atoms with Crippen LogP contribution in [0, 0.1) is 20.8 Å². The van der Waals surface area contributed by atoms with E-state index in [0.717, 1.165) is 10.7 Å². The monoisotopic (exact) mass is 263 g/mol. The van der Waals surface area contributed by atoms with Crippen molar-refractivity contribution in [2.45, 2.75) is 20.8 Å². The topological polar surface area (TPSA) is 67.5 Å². The first-order valence-corrected chi connectivity index (χ1v) is 6.27. The number of hydrogen-bond donors (Lipinski definition) is 1. The van der Waals surface area contributed by atoms with Crippen LogP contribution in [0.4, 0.5) is 0 Å². The fraction of sp³-hybridized carbons (Fsp3) is 0.250. The van der Waals surface area contributed by atoms with E-state index in [0.29, 0.717) is 17.1 Å². The van der Waals surface area contributed by atoms with Gasteiger partial charge in [0.1, 0.15) is 11.5 Å². The van der Waals surface area contributed by atoms with Crippen LogP contribution in [0.25, 0.3) is 0 Å². The zero-order chi connectivity index (χ0) is 13.1. The molecule has 1 N–H and O–H groups in total.